The van der Waals surface area contributed by atoms with Crippen molar-refractivity contribution in [2.75, 3.05) is 33.2 Å². The third-order valence-electron chi connectivity index (χ3n) is 5.88. The first-order valence-corrected chi connectivity index (χ1v) is 8.35. The number of fused-ring (bicyclic) bond motifs is 2. The average molecular weight is 308 g/mol. The second-order valence-electron chi connectivity index (χ2n) is 6.68. The predicted octanol–water partition coefficient (Wildman–Crippen LogP) is 2.76. The van der Waals surface area contributed by atoms with E-state index >= 15 is 0 Å². The van der Waals surface area contributed by atoms with Crippen LogP contribution in [-0.4, -0.2) is 48.6 Å². The topological polar surface area (TPSA) is 32.5 Å². The molecule has 2 aliphatic rings. The lowest BCUT2D eigenvalue weighted by molar-refractivity contribution is 0.00146. The van der Waals surface area contributed by atoms with Gasteiger partial charge in [0.05, 0.1) is 0 Å². The van der Waals surface area contributed by atoms with E-state index in [0.29, 0.717) is 12.0 Å². The van der Waals surface area contributed by atoms with Gasteiger partial charge in [0.2, 0.25) is 0 Å². The Bertz CT molecular complexity index is 489. The summed E-state index contributed by atoms with van der Waals surface area (Å²) in [5.41, 5.74) is 7.74. The minimum absolute atomic E-state index is 0.145. The van der Waals surface area contributed by atoms with Crippen molar-refractivity contribution in [1.29, 1.82) is 0 Å². The van der Waals surface area contributed by atoms with Gasteiger partial charge in [-0.1, -0.05) is 23.7 Å². The van der Waals surface area contributed by atoms with Crippen LogP contribution in [-0.2, 0) is 0 Å². The van der Waals surface area contributed by atoms with E-state index in [2.05, 4.69) is 35.9 Å². The average Bonchev–Trinajstić information content (AvgIpc) is 2.91. The number of halogens is 1. The van der Waals surface area contributed by atoms with Gasteiger partial charge in [0.15, 0.2) is 0 Å². The second-order valence-corrected chi connectivity index (χ2v) is 7.12. The van der Waals surface area contributed by atoms with Gasteiger partial charge in [-0.2, -0.15) is 0 Å². The highest BCUT2D eigenvalue weighted by Gasteiger charge is 2.48. The zero-order valence-corrected chi connectivity index (χ0v) is 13.8. The molecule has 2 N–H and O–H groups in total. The summed E-state index contributed by atoms with van der Waals surface area (Å²) in [7, 11) is 2.25. The summed E-state index contributed by atoms with van der Waals surface area (Å²) >= 11 is 6.01. The van der Waals surface area contributed by atoms with Crippen molar-refractivity contribution in [3.63, 3.8) is 0 Å². The maximum absolute atomic E-state index is 6.28. The molecule has 2 fully saturated rings. The standard InChI is InChI=1S/C17H26ClN3/c1-13(14-3-5-16(18)6-4-14)20(2)17(12-19)8-10-21-9-7-15(17)11-21/h3-6,13,15H,7-12,19H2,1-2H3. The van der Waals surface area contributed by atoms with Crippen LogP contribution >= 0.6 is 11.6 Å². The molecule has 2 bridgehead atoms. The van der Waals surface area contributed by atoms with Crippen molar-refractivity contribution in [2.45, 2.75) is 31.3 Å². The van der Waals surface area contributed by atoms with Crippen molar-refractivity contribution in [2.24, 2.45) is 11.7 Å². The van der Waals surface area contributed by atoms with Gasteiger partial charge < -0.3 is 10.6 Å². The second kappa shape index (κ2) is 5.88. The van der Waals surface area contributed by atoms with Gasteiger partial charge in [-0.05, 0) is 63.5 Å². The molecular formula is C17H26ClN3. The van der Waals surface area contributed by atoms with E-state index in [9.17, 15) is 0 Å². The first-order valence-electron chi connectivity index (χ1n) is 7.97. The molecule has 0 aliphatic carbocycles. The van der Waals surface area contributed by atoms with Crippen LogP contribution in [0.25, 0.3) is 0 Å². The van der Waals surface area contributed by atoms with Gasteiger partial charge in [0.25, 0.3) is 0 Å². The molecule has 1 aromatic rings. The third kappa shape index (κ3) is 2.61. The van der Waals surface area contributed by atoms with E-state index in [4.69, 9.17) is 17.3 Å². The molecule has 116 valence electrons. The lowest BCUT2D eigenvalue weighted by Gasteiger charge is -2.51. The van der Waals surface area contributed by atoms with Gasteiger partial charge in [0, 0.05) is 29.7 Å². The molecule has 4 heteroatoms. The zero-order chi connectivity index (χ0) is 15.0. The number of benzene rings is 1. The molecule has 2 aliphatic heterocycles. The van der Waals surface area contributed by atoms with E-state index in [1.165, 1.54) is 38.0 Å². The molecule has 2 saturated heterocycles. The van der Waals surface area contributed by atoms with Crippen LogP contribution in [0.4, 0.5) is 0 Å². The van der Waals surface area contributed by atoms with Crippen LogP contribution in [0, 0.1) is 5.92 Å². The lowest BCUT2D eigenvalue weighted by atomic mass is 9.76. The highest BCUT2D eigenvalue weighted by Crippen LogP contribution is 2.42. The smallest absolute Gasteiger partial charge is 0.0406 e. The summed E-state index contributed by atoms with van der Waals surface area (Å²) in [6, 6.07) is 8.59. The van der Waals surface area contributed by atoms with Crippen LogP contribution in [0.2, 0.25) is 5.02 Å². The minimum Gasteiger partial charge on any atom is -0.329 e. The quantitative estimate of drug-likeness (QED) is 0.928. The Balaban J connectivity index is 1.84. The molecule has 2 heterocycles. The first-order chi connectivity index (χ1) is 10.1. The van der Waals surface area contributed by atoms with Crippen molar-refractivity contribution in [1.82, 2.24) is 9.80 Å². The molecule has 0 radical (unpaired) electrons. The van der Waals surface area contributed by atoms with E-state index in [0.717, 1.165) is 11.6 Å². The van der Waals surface area contributed by atoms with E-state index in [1.54, 1.807) is 0 Å². The fourth-order valence-corrected chi connectivity index (χ4v) is 4.38. The maximum atomic E-state index is 6.28. The molecule has 0 spiro atoms. The van der Waals surface area contributed by atoms with Gasteiger partial charge in [-0.15, -0.1) is 0 Å². The van der Waals surface area contributed by atoms with Crippen LogP contribution in [0.5, 0.6) is 0 Å². The largest absolute Gasteiger partial charge is 0.329 e. The van der Waals surface area contributed by atoms with E-state index < -0.39 is 0 Å². The number of piperidine rings is 1. The molecule has 3 nitrogen and oxygen atoms in total. The summed E-state index contributed by atoms with van der Waals surface area (Å²) in [6.07, 6.45) is 2.47. The number of nitrogens with two attached hydrogens (primary N) is 1. The van der Waals surface area contributed by atoms with Crippen LogP contribution in [0.3, 0.4) is 0 Å². The number of rotatable bonds is 4. The molecule has 4 unspecified atom stereocenters. The summed E-state index contributed by atoms with van der Waals surface area (Å²) in [5.74, 6) is 0.705. The fraction of sp³-hybridized carbons (Fsp3) is 0.647. The number of hydrogen-bond acceptors (Lipinski definition) is 3. The Morgan fingerprint density at radius 1 is 1.38 bits per heavy atom. The Kier molecular flexibility index (Phi) is 4.28. The van der Waals surface area contributed by atoms with Crippen molar-refractivity contribution in [3.8, 4) is 0 Å². The number of nitrogens with zero attached hydrogens (tertiary/aromatic N) is 2. The Labute approximate surface area is 133 Å². The summed E-state index contributed by atoms with van der Waals surface area (Å²) < 4.78 is 0. The molecule has 1 aromatic carbocycles. The highest BCUT2D eigenvalue weighted by atomic mass is 35.5. The number of likely N-dealkylation sites (N-methyl/N-ethyl adjacent to an activating group) is 1. The maximum Gasteiger partial charge on any atom is 0.0406 e. The molecule has 0 amide bonds. The van der Waals surface area contributed by atoms with E-state index in [-0.39, 0.29) is 5.54 Å². The normalized spacial score (nSPS) is 33.4. The van der Waals surface area contributed by atoms with Crippen LogP contribution in [0.15, 0.2) is 24.3 Å². The summed E-state index contributed by atoms with van der Waals surface area (Å²) in [6.45, 7) is 6.68. The third-order valence-corrected chi connectivity index (χ3v) is 6.13. The van der Waals surface area contributed by atoms with Crippen molar-refractivity contribution >= 4 is 11.6 Å². The predicted molar refractivity (Wildman–Crippen MR) is 88.6 cm³/mol. The van der Waals surface area contributed by atoms with E-state index in [1.807, 2.05) is 12.1 Å². The highest BCUT2D eigenvalue weighted by molar-refractivity contribution is 6.30. The Morgan fingerprint density at radius 3 is 2.76 bits per heavy atom. The molecule has 3 rings (SSSR count). The Hall–Kier alpha value is -0.610. The lowest BCUT2D eigenvalue weighted by Crippen LogP contribution is -2.61. The van der Waals surface area contributed by atoms with Gasteiger partial charge in [-0.25, -0.2) is 0 Å². The molecular weight excluding hydrogens is 282 g/mol. The fourth-order valence-electron chi connectivity index (χ4n) is 4.26. The molecule has 21 heavy (non-hydrogen) atoms. The molecule has 4 atom stereocenters. The van der Waals surface area contributed by atoms with Crippen molar-refractivity contribution in [3.05, 3.63) is 34.9 Å². The van der Waals surface area contributed by atoms with Gasteiger partial charge in [0.1, 0.15) is 0 Å². The number of hydrogen-bond donors (Lipinski definition) is 1. The first kappa shape index (κ1) is 15.3. The van der Waals surface area contributed by atoms with Gasteiger partial charge in [-0.3, -0.25) is 4.90 Å². The van der Waals surface area contributed by atoms with Crippen molar-refractivity contribution < 1.29 is 0 Å². The SMILES string of the molecule is CC(c1ccc(Cl)cc1)N(C)C1(CN)CCN2CCC1C2. The van der Waals surface area contributed by atoms with Crippen LogP contribution in [0.1, 0.15) is 31.4 Å². The summed E-state index contributed by atoms with van der Waals surface area (Å²) in [4.78, 5) is 5.11. The minimum atomic E-state index is 0.145. The Morgan fingerprint density at radius 2 is 2.10 bits per heavy atom. The van der Waals surface area contributed by atoms with Gasteiger partial charge >= 0.3 is 0 Å². The molecule has 0 aromatic heterocycles. The molecule has 0 saturated carbocycles. The van der Waals surface area contributed by atoms with Crippen LogP contribution < -0.4 is 5.73 Å². The summed E-state index contributed by atoms with van der Waals surface area (Å²) in [5, 5.41) is 0.797. The monoisotopic (exact) mass is 307 g/mol. The zero-order valence-electron chi connectivity index (χ0n) is 13.1.